The first-order valence-corrected chi connectivity index (χ1v) is 7.50. The van der Waals surface area contributed by atoms with E-state index in [0.29, 0.717) is 17.9 Å². The zero-order chi connectivity index (χ0) is 13.8. The lowest BCUT2D eigenvalue weighted by Gasteiger charge is -2.34. The van der Waals surface area contributed by atoms with Gasteiger partial charge in [0.2, 0.25) is 0 Å². The maximum Gasteiger partial charge on any atom is 0.308 e. The van der Waals surface area contributed by atoms with E-state index in [4.69, 9.17) is 4.74 Å². The largest absolute Gasteiger partial charge is 0.466 e. The highest BCUT2D eigenvalue weighted by molar-refractivity contribution is 5.72. The standard InChI is InChI=1S/C16H30O2/c1-6-18-15(17)12(2)14-9-7-13(8-10-14)11-16(3,4)5/h12-14H,6-11H2,1-5H3. The van der Waals surface area contributed by atoms with Crippen LogP contribution in [0.4, 0.5) is 0 Å². The molecular weight excluding hydrogens is 224 g/mol. The van der Waals surface area contributed by atoms with E-state index >= 15 is 0 Å². The van der Waals surface area contributed by atoms with Crippen LogP contribution in [0.3, 0.4) is 0 Å². The van der Waals surface area contributed by atoms with Crippen molar-refractivity contribution in [2.24, 2.45) is 23.2 Å². The van der Waals surface area contributed by atoms with E-state index in [1.165, 1.54) is 32.1 Å². The molecule has 0 aromatic rings. The Morgan fingerprint density at radius 2 is 1.78 bits per heavy atom. The molecule has 0 spiro atoms. The Hall–Kier alpha value is -0.530. The molecule has 0 saturated heterocycles. The van der Waals surface area contributed by atoms with Crippen LogP contribution in [0.5, 0.6) is 0 Å². The normalized spacial score (nSPS) is 26.7. The average molecular weight is 254 g/mol. The van der Waals surface area contributed by atoms with Crippen molar-refractivity contribution < 1.29 is 9.53 Å². The summed E-state index contributed by atoms with van der Waals surface area (Å²) >= 11 is 0. The van der Waals surface area contributed by atoms with Crippen molar-refractivity contribution >= 4 is 5.97 Å². The highest BCUT2D eigenvalue weighted by Crippen LogP contribution is 2.39. The van der Waals surface area contributed by atoms with Crippen molar-refractivity contribution in [1.82, 2.24) is 0 Å². The van der Waals surface area contributed by atoms with Gasteiger partial charge in [-0.1, -0.05) is 40.5 Å². The lowest BCUT2D eigenvalue weighted by atomic mass is 9.72. The maximum atomic E-state index is 11.7. The molecule has 18 heavy (non-hydrogen) atoms. The highest BCUT2D eigenvalue weighted by atomic mass is 16.5. The molecule has 0 aromatic heterocycles. The van der Waals surface area contributed by atoms with Crippen LogP contribution >= 0.6 is 0 Å². The molecule has 0 bridgehead atoms. The third kappa shape index (κ3) is 4.99. The van der Waals surface area contributed by atoms with Gasteiger partial charge in [-0.3, -0.25) is 4.79 Å². The van der Waals surface area contributed by atoms with Crippen LogP contribution in [0.25, 0.3) is 0 Å². The summed E-state index contributed by atoms with van der Waals surface area (Å²) in [6.07, 6.45) is 6.27. The summed E-state index contributed by atoms with van der Waals surface area (Å²) in [5, 5.41) is 0. The van der Waals surface area contributed by atoms with Crippen LogP contribution in [0, 0.1) is 23.2 Å². The van der Waals surface area contributed by atoms with E-state index in [1.807, 2.05) is 13.8 Å². The highest BCUT2D eigenvalue weighted by Gasteiger charge is 2.31. The van der Waals surface area contributed by atoms with E-state index in [9.17, 15) is 4.79 Å². The molecule has 0 amide bonds. The molecule has 1 aliphatic rings. The molecule has 0 aromatic carbocycles. The minimum Gasteiger partial charge on any atom is -0.466 e. The van der Waals surface area contributed by atoms with Crippen LogP contribution in [0.15, 0.2) is 0 Å². The van der Waals surface area contributed by atoms with Crippen molar-refractivity contribution in [3.63, 3.8) is 0 Å². The third-order valence-corrected chi connectivity index (χ3v) is 4.16. The Kier molecular flexibility index (Phi) is 5.68. The topological polar surface area (TPSA) is 26.3 Å². The van der Waals surface area contributed by atoms with Crippen LogP contribution in [0.2, 0.25) is 0 Å². The van der Waals surface area contributed by atoms with Gasteiger partial charge in [-0.25, -0.2) is 0 Å². The molecule has 1 fully saturated rings. The molecule has 0 aliphatic heterocycles. The van der Waals surface area contributed by atoms with Gasteiger partial charge in [0.15, 0.2) is 0 Å². The molecule has 2 nitrogen and oxygen atoms in total. The molecule has 106 valence electrons. The Morgan fingerprint density at radius 3 is 2.22 bits per heavy atom. The number of hydrogen-bond acceptors (Lipinski definition) is 2. The number of carbonyl (C=O) groups is 1. The van der Waals surface area contributed by atoms with Gasteiger partial charge in [-0.15, -0.1) is 0 Å². The summed E-state index contributed by atoms with van der Waals surface area (Å²) in [6.45, 7) is 11.4. The first kappa shape index (κ1) is 15.5. The van der Waals surface area contributed by atoms with Gasteiger partial charge < -0.3 is 4.74 Å². The van der Waals surface area contributed by atoms with Gasteiger partial charge in [-0.2, -0.15) is 0 Å². The molecule has 0 heterocycles. The number of esters is 1. The van der Waals surface area contributed by atoms with Gasteiger partial charge in [0.1, 0.15) is 0 Å². The first-order valence-electron chi connectivity index (χ1n) is 7.50. The minimum atomic E-state index is -0.00299. The molecule has 0 radical (unpaired) electrons. The lowest BCUT2D eigenvalue weighted by molar-refractivity contribution is -0.149. The fourth-order valence-corrected chi connectivity index (χ4v) is 3.22. The molecule has 1 aliphatic carbocycles. The quantitative estimate of drug-likeness (QED) is 0.694. The number of carbonyl (C=O) groups excluding carboxylic acids is 1. The van der Waals surface area contributed by atoms with Crippen molar-refractivity contribution in [3.05, 3.63) is 0 Å². The minimum absolute atomic E-state index is 0.00299. The second-order valence-electron chi connectivity index (χ2n) is 7.09. The van der Waals surface area contributed by atoms with Gasteiger partial charge in [0, 0.05) is 0 Å². The Morgan fingerprint density at radius 1 is 1.22 bits per heavy atom. The van der Waals surface area contributed by atoms with Gasteiger partial charge in [0.05, 0.1) is 12.5 Å². The van der Waals surface area contributed by atoms with E-state index in [0.717, 1.165) is 5.92 Å². The van der Waals surface area contributed by atoms with Crippen molar-refractivity contribution in [3.8, 4) is 0 Å². The van der Waals surface area contributed by atoms with Crippen molar-refractivity contribution in [2.75, 3.05) is 6.61 Å². The zero-order valence-corrected chi connectivity index (χ0v) is 12.8. The van der Waals surface area contributed by atoms with Crippen LogP contribution in [-0.4, -0.2) is 12.6 Å². The monoisotopic (exact) mass is 254 g/mol. The Balaban J connectivity index is 2.37. The predicted molar refractivity (Wildman–Crippen MR) is 75.3 cm³/mol. The number of ether oxygens (including phenoxy) is 1. The summed E-state index contributed by atoms with van der Waals surface area (Å²) in [6, 6.07) is 0. The lowest BCUT2D eigenvalue weighted by Crippen LogP contribution is -2.28. The second-order valence-corrected chi connectivity index (χ2v) is 7.09. The molecule has 0 N–H and O–H groups in total. The zero-order valence-electron chi connectivity index (χ0n) is 12.8. The summed E-state index contributed by atoms with van der Waals surface area (Å²) in [5.41, 5.74) is 0.435. The van der Waals surface area contributed by atoms with Crippen LogP contribution < -0.4 is 0 Å². The van der Waals surface area contributed by atoms with Gasteiger partial charge in [-0.05, 0) is 43.4 Å². The SMILES string of the molecule is CCOC(=O)C(C)C1CCC(CC(C)(C)C)CC1. The third-order valence-electron chi connectivity index (χ3n) is 4.16. The molecule has 2 heteroatoms. The van der Waals surface area contributed by atoms with Crippen molar-refractivity contribution in [1.29, 1.82) is 0 Å². The maximum absolute atomic E-state index is 11.7. The van der Waals surface area contributed by atoms with Crippen LogP contribution in [-0.2, 0) is 9.53 Å². The summed E-state index contributed by atoms with van der Waals surface area (Å²) < 4.78 is 5.13. The summed E-state index contributed by atoms with van der Waals surface area (Å²) in [7, 11) is 0. The summed E-state index contributed by atoms with van der Waals surface area (Å²) in [5.74, 6) is 1.48. The smallest absolute Gasteiger partial charge is 0.308 e. The van der Waals surface area contributed by atoms with Crippen molar-refractivity contribution in [2.45, 2.75) is 66.7 Å². The number of hydrogen-bond donors (Lipinski definition) is 0. The second kappa shape index (κ2) is 6.58. The Labute approximate surface area is 112 Å². The van der Waals surface area contributed by atoms with E-state index in [1.54, 1.807) is 0 Å². The van der Waals surface area contributed by atoms with E-state index < -0.39 is 0 Å². The first-order chi connectivity index (χ1) is 8.33. The fourth-order valence-electron chi connectivity index (χ4n) is 3.22. The van der Waals surface area contributed by atoms with Gasteiger partial charge in [0.25, 0.3) is 0 Å². The number of rotatable bonds is 4. The predicted octanol–water partition coefficient (Wildman–Crippen LogP) is 4.43. The van der Waals surface area contributed by atoms with Crippen LogP contribution in [0.1, 0.15) is 66.7 Å². The van der Waals surface area contributed by atoms with E-state index in [2.05, 4.69) is 20.8 Å². The molecule has 1 atom stereocenters. The molecular formula is C16H30O2. The average Bonchev–Trinajstić information content (AvgIpc) is 2.27. The van der Waals surface area contributed by atoms with Gasteiger partial charge >= 0.3 is 5.97 Å². The molecule has 1 unspecified atom stereocenters. The summed E-state index contributed by atoms with van der Waals surface area (Å²) in [4.78, 5) is 11.7. The fraction of sp³-hybridized carbons (Fsp3) is 0.938. The molecule has 1 rings (SSSR count). The Bertz CT molecular complexity index is 257. The molecule has 1 saturated carbocycles. The van der Waals surface area contributed by atoms with E-state index in [-0.39, 0.29) is 11.9 Å².